The van der Waals surface area contributed by atoms with Crippen molar-refractivity contribution in [1.82, 2.24) is 15.1 Å². The zero-order valence-electron chi connectivity index (χ0n) is 13.5. The zero-order valence-corrected chi connectivity index (χ0v) is 13.5. The molecule has 0 radical (unpaired) electrons. The molecule has 0 unspecified atom stereocenters. The maximum atomic E-state index is 6.19. The van der Waals surface area contributed by atoms with Gasteiger partial charge in [0.05, 0.1) is 11.7 Å². The van der Waals surface area contributed by atoms with Crippen LogP contribution < -0.4 is 0 Å². The Morgan fingerprint density at radius 1 is 1.36 bits per heavy atom. The summed E-state index contributed by atoms with van der Waals surface area (Å²) < 4.78 is 12.2. The summed E-state index contributed by atoms with van der Waals surface area (Å²) in [5, 5.41) is 7.15. The van der Waals surface area contributed by atoms with E-state index in [0.29, 0.717) is 12.1 Å². The standard InChI is InChI=1S/C17H27N3O2/c1-21-17-6-4-15(22-12-13-2-3-13)10-16(17)20(9-7-17)11-14-5-8-18-19-14/h5,8,13,15-16H,2-4,6-7,9-12H2,1H3,(H,18,19)/t15-,16-,17+/m0/s1. The maximum Gasteiger partial charge on any atom is 0.0847 e. The van der Waals surface area contributed by atoms with Crippen LogP contribution in [0.1, 0.15) is 44.2 Å². The molecule has 3 atom stereocenters. The summed E-state index contributed by atoms with van der Waals surface area (Å²) in [7, 11) is 1.89. The predicted octanol–water partition coefficient (Wildman–Crippen LogP) is 2.35. The summed E-state index contributed by atoms with van der Waals surface area (Å²) in [6.45, 7) is 3.01. The fourth-order valence-corrected chi connectivity index (χ4v) is 4.24. The Balaban J connectivity index is 1.42. The van der Waals surface area contributed by atoms with Crippen LogP contribution in [0.15, 0.2) is 12.3 Å². The van der Waals surface area contributed by atoms with E-state index in [1.54, 1.807) is 0 Å². The Bertz CT molecular complexity index is 488. The van der Waals surface area contributed by atoms with Gasteiger partial charge < -0.3 is 9.47 Å². The topological polar surface area (TPSA) is 50.4 Å². The Kier molecular flexibility index (Phi) is 3.96. The van der Waals surface area contributed by atoms with Gasteiger partial charge in [-0.25, -0.2) is 0 Å². The second kappa shape index (κ2) is 5.95. The fourth-order valence-electron chi connectivity index (χ4n) is 4.24. The van der Waals surface area contributed by atoms with Gasteiger partial charge in [-0.3, -0.25) is 10.00 Å². The van der Waals surface area contributed by atoms with Gasteiger partial charge in [0.15, 0.2) is 0 Å². The first kappa shape index (κ1) is 14.7. The minimum absolute atomic E-state index is 0.0411. The SMILES string of the molecule is CO[C@@]12CC[C@H](OCC3CC3)C[C@@H]1N(Cc1ccn[nH]1)CC2. The molecule has 2 aliphatic carbocycles. The highest BCUT2D eigenvalue weighted by molar-refractivity contribution is 5.08. The maximum absolute atomic E-state index is 6.19. The second-order valence-corrected chi connectivity index (χ2v) is 7.26. The van der Waals surface area contributed by atoms with Crippen LogP contribution in [0, 0.1) is 5.92 Å². The lowest BCUT2D eigenvalue weighted by Crippen LogP contribution is -2.51. The lowest BCUT2D eigenvalue weighted by molar-refractivity contribution is -0.103. The molecular weight excluding hydrogens is 278 g/mol. The van der Waals surface area contributed by atoms with Crippen LogP contribution in [0.5, 0.6) is 0 Å². The fraction of sp³-hybridized carbons (Fsp3) is 0.824. The van der Waals surface area contributed by atoms with Gasteiger partial charge in [-0.05, 0) is 50.5 Å². The molecule has 2 saturated carbocycles. The van der Waals surface area contributed by atoms with E-state index in [1.807, 2.05) is 13.3 Å². The van der Waals surface area contributed by atoms with Gasteiger partial charge in [-0.15, -0.1) is 0 Å². The number of hydrogen-bond acceptors (Lipinski definition) is 4. The highest BCUT2D eigenvalue weighted by Crippen LogP contribution is 2.44. The number of fused-ring (bicyclic) bond motifs is 1. The Labute approximate surface area is 132 Å². The van der Waals surface area contributed by atoms with Crippen LogP contribution in [0.25, 0.3) is 0 Å². The molecule has 122 valence electrons. The van der Waals surface area contributed by atoms with Crippen LogP contribution in [0.4, 0.5) is 0 Å². The number of nitrogens with zero attached hydrogens (tertiary/aromatic N) is 2. The molecule has 0 spiro atoms. The lowest BCUT2D eigenvalue weighted by atomic mass is 9.79. The van der Waals surface area contributed by atoms with Crippen molar-refractivity contribution >= 4 is 0 Å². The molecule has 1 aromatic heterocycles. The molecule has 1 aliphatic heterocycles. The molecular formula is C17H27N3O2. The number of rotatable bonds is 6. The molecule has 1 aromatic rings. The normalized spacial score (nSPS) is 35.7. The molecule has 0 amide bonds. The third-order valence-electron chi connectivity index (χ3n) is 5.85. The van der Waals surface area contributed by atoms with E-state index in [1.165, 1.54) is 18.5 Å². The van der Waals surface area contributed by atoms with Crippen LogP contribution >= 0.6 is 0 Å². The van der Waals surface area contributed by atoms with E-state index in [2.05, 4.69) is 21.2 Å². The molecule has 4 rings (SSSR count). The first-order valence-electron chi connectivity index (χ1n) is 8.68. The summed E-state index contributed by atoms with van der Waals surface area (Å²) in [6.07, 6.45) is 9.49. The van der Waals surface area contributed by atoms with Crippen molar-refractivity contribution in [2.75, 3.05) is 20.3 Å². The summed E-state index contributed by atoms with van der Waals surface area (Å²) in [4.78, 5) is 2.56. The van der Waals surface area contributed by atoms with Crippen molar-refractivity contribution in [3.05, 3.63) is 18.0 Å². The molecule has 3 aliphatic rings. The van der Waals surface area contributed by atoms with Crippen molar-refractivity contribution in [3.8, 4) is 0 Å². The minimum Gasteiger partial charge on any atom is -0.378 e. The van der Waals surface area contributed by atoms with Crippen LogP contribution in [-0.4, -0.2) is 53.1 Å². The number of H-pyrrole nitrogens is 1. The van der Waals surface area contributed by atoms with Crippen molar-refractivity contribution in [3.63, 3.8) is 0 Å². The van der Waals surface area contributed by atoms with Crippen molar-refractivity contribution in [2.45, 2.75) is 62.8 Å². The van der Waals surface area contributed by atoms with E-state index < -0.39 is 0 Å². The molecule has 0 aromatic carbocycles. The number of aromatic nitrogens is 2. The summed E-state index contributed by atoms with van der Waals surface area (Å²) in [6, 6.07) is 2.54. The third kappa shape index (κ3) is 2.82. The predicted molar refractivity (Wildman–Crippen MR) is 83.5 cm³/mol. The zero-order chi connectivity index (χ0) is 15.0. The molecule has 3 fully saturated rings. The minimum atomic E-state index is 0.0411. The largest absolute Gasteiger partial charge is 0.378 e. The molecule has 5 heteroatoms. The van der Waals surface area contributed by atoms with Gasteiger partial charge in [0.2, 0.25) is 0 Å². The summed E-state index contributed by atoms with van der Waals surface area (Å²) >= 11 is 0. The number of methoxy groups -OCH3 is 1. The number of aromatic amines is 1. The van der Waals surface area contributed by atoms with Crippen LogP contribution in [0.2, 0.25) is 0 Å². The Morgan fingerprint density at radius 2 is 2.27 bits per heavy atom. The highest BCUT2D eigenvalue weighted by atomic mass is 16.5. The lowest BCUT2D eigenvalue weighted by Gasteiger charge is -2.43. The average Bonchev–Trinajstić information content (AvgIpc) is 3.11. The first-order valence-corrected chi connectivity index (χ1v) is 8.68. The van der Waals surface area contributed by atoms with Gasteiger partial charge in [-0.1, -0.05) is 0 Å². The first-order chi connectivity index (χ1) is 10.8. The monoisotopic (exact) mass is 305 g/mol. The molecule has 1 saturated heterocycles. The average molecular weight is 305 g/mol. The van der Waals surface area contributed by atoms with Crippen molar-refractivity contribution < 1.29 is 9.47 Å². The number of hydrogen-bond donors (Lipinski definition) is 1. The van der Waals surface area contributed by atoms with E-state index in [0.717, 1.165) is 51.3 Å². The van der Waals surface area contributed by atoms with E-state index in [-0.39, 0.29) is 5.60 Å². The second-order valence-electron chi connectivity index (χ2n) is 7.26. The van der Waals surface area contributed by atoms with Gasteiger partial charge in [0.1, 0.15) is 0 Å². The summed E-state index contributed by atoms with van der Waals surface area (Å²) in [5.74, 6) is 0.846. The van der Waals surface area contributed by atoms with E-state index >= 15 is 0 Å². The third-order valence-corrected chi connectivity index (χ3v) is 5.85. The van der Waals surface area contributed by atoms with Gasteiger partial charge in [0.25, 0.3) is 0 Å². The van der Waals surface area contributed by atoms with E-state index in [4.69, 9.17) is 9.47 Å². The van der Waals surface area contributed by atoms with E-state index in [9.17, 15) is 0 Å². The summed E-state index contributed by atoms with van der Waals surface area (Å²) in [5.41, 5.74) is 1.23. The molecule has 1 N–H and O–H groups in total. The van der Waals surface area contributed by atoms with Gasteiger partial charge in [0, 0.05) is 44.7 Å². The molecule has 2 heterocycles. The number of likely N-dealkylation sites (tertiary alicyclic amines) is 1. The highest BCUT2D eigenvalue weighted by Gasteiger charge is 2.51. The van der Waals surface area contributed by atoms with Crippen LogP contribution in [-0.2, 0) is 16.0 Å². The van der Waals surface area contributed by atoms with Crippen molar-refractivity contribution in [1.29, 1.82) is 0 Å². The molecule has 22 heavy (non-hydrogen) atoms. The quantitative estimate of drug-likeness (QED) is 0.876. The number of ether oxygens (including phenoxy) is 2. The Morgan fingerprint density at radius 3 is 3.00 bits per heavy atom. The molecule has 0 bridgehead atoms. The Hall–Kier alpha value is -0.910. The smallest absolute Gasteiger partial charge is 0.0847 e. The van der Waals surface area contributed by atoms with Gasteiger partial charge >= 0.3 is 0 Å². The number of nitrogens with one attached hydrogen (secondary N) is 1. The van der Waals surface area contributed by atoms with Gasteiger partial charge in [-0.2, -0.15) is 5.10 Å². The van der Waals surface area contributed by atoms with Crippen LogP contribution in [0.3, 0.4) is 0 Å². The molecule has 5 nitrogen and oxygen atoms in total. The van der Waals surface area contributed by atoms with Crippen molar-refractivity contribution in [2.24, 2.45) is 5.92 Å².